The van der Waals surface area contributed by atoms with E-state index >= 15 is 0 Å². The van der Waals surface area contributed by atoms with E-state index < -0.39 is 0 Å². The minimum absolute atomic E-state index is 0.353. The van der Waals surface area contributed by atoms with Gasteiger partial charge in [-0.1, -0.05) is 0 Å². The molecule has 0 aromatic rings. The SMILES string of the molecule is [C-]#[N+]C1C2CC3CC1CC(CN)(C3)C2. The summed E-state index contributed by atoms with van der Waals surface area (Å²) in [6.07, 6.45) is 6.52. The van der Waals surface area contributed by atoms with E-state index in [-0.39, 0.29) is 0 Å². The molecule has 2 atom stereocenters. The lowest BCUT2D eigenvalue weighted by molar-refractivity contribution is -0.0517. The third-order valence-corrected chi connectivity index (χ3v) is 4.93. The van der Waals surface area contributed by atoms with Gasteiger partial charge in [0.25, 0.3) is 0 Å². The molecule has 14 heavy (non-hydrogen) atoms. The molecule has 0 radical (unpaired) electrons. The van der Waals surface area contributed by atoms with Crippen molar-refractivity contribution in [2.45, 2.75) is 38.1 Å². The summed E-state index contributed by atoms with van der Waals surface area (Å²) in [5.74, 6) is 2.30. The van der Waals surface area contributed by atoms with Gasteiger partial charge < -0.3 is 10.6 Å². The van der Waals surface area contributed by atoms with Crippen LogP contribution in [0.3, 0.4) is 0 Å². The summed E-state index contributed by atoms with van der Waals surface area (Å²) in [6, 6.07) is 0.353. The maximum atomic E-state index is 7.29. The monoisotopic (exact) mass is 190 g/mol. The molecule has 76 valence electrons. The Morgan fingerprint density at radius 3 is 2.36 bits per heavy atom. The van der Waals surface area contributed by atoms with Gasteiger partial charge in [0.05, 0.1) is 0 Å². The highest BCUT2D eigenvalue weighted by atomic mass is 14.8. The van der Waals surface area contributed by atoms with E-state index in [2.05, 4.69) is 4.85 Å². The first-order valence-electron chi connectivity index (χ1n) is 5.83. The van der Waals surface area contributed by atoms with Crippen LogP contribution in [0, 0.1) is 29.7 Å². The van der Waals surface area contributed by atoms with Crippen LogP contribution in [-0.4, -0.2) is 12.6 Å². The molecular formula is C12H18N2. The van der Waals surface area contributed by atoms with Crippen molar-refractivity contribution in [3.05, 3.63) is 11.4 Å². The summed E-state index contributed by atoms with van der Waals surface area (Å²) in [5.41, 5.74) is 6.39. The molecule has 0 aromatic carbocycles. The fraction of sp³-hybridized carbons (Fsp3) is 0.917. The lowest BCUT2D eigenvalue weighted by Gasteiger charge is -2.56. The summed E-state index contributed by atoms with van der Waals surface area (Å²) in [4.78, 5) is 3.86. The minimum atomic E-state index is 0.353. The van der Waals surface area contributed by atoms with E-state index in [9.17, 15) is 0 Å². The van der Waals surface area contributed by atoms with Crippen LogP contribution in [0.25, 0.3) is 4.85 Å². The maximum Gasteiger partial charge on any atom is 0.229 e. The average molecular weight is 190 g/mol. The van der Waals surface area contributed by atoms with Crippen LogP contribution in [0.1, 0.15) is 32.1 Å². The van der Waals surface area contributed by atoms with Gasteiger partial charge >= 0.3 is 0 Å². The van der Waals surface area contributed by atoms with E-state index in [0.717, 1.165) is 12.5 Å². The van der Waals surface area contributed by atoms with Crippen molar-refractivity contribution < 1.29 is 0 Å². The van der Waals surface area contributed by atoms with Crippen LogP contribution in [-0.2, 0) is 0 Å². The fourth-order valence-corrected chi connectivity index (χ4v) is 4.63. The molecule has 2 nitrogen and oxygen atoms in total. The van der Waals surface area contributed by atoms with Crippen molar-refractivity contribution in [2.75, 3.05) is 6.54 Å². The molecule has 4 fully saturated rings. The van der Waals surface area contributed by atoms with Crippen molar-refractivity contribution in [1.29, 1.82) is 0 Å². The van der Waals surface area contributed by atoms with E-state index in [0.29, 0.717) is 23.3 Å². The smallest absolute Gasteiger partial charge is 0.229 e. The summed E-state index contributed by atoms with van der Waals surface area (Å²) in [5, 5.41) is 0. The summed E-state index contributed by atoms with van der Waals surface area (Å²) in [7, 11) is 0. The zero-order valence-corrected chi connectivity index (χ0v) is 8.58. The van der Waals surface area contributed by atoms with Gasteiger partial charge in [-0.15, -0.1) is 0 Å². The molecule has 4 aliphatic carbocycles. The largest absolute Gasteiger partial charge is 0.330 e. The lowest BCUT2D eigenvalue weighted by atomic mass is 9.48. The van der Waals surface area contributed by atoms with Crippen LogP contribution in [0.5, 0.6) is 0 Å². The topological polar surface area (TPSA) is 30.4 Å². The molecular weight excluding hydrogens is 172 g/mol. The van der Waals surface area contributed by atoms with Crippen LogP contribution >= 0.6 is 0 Å². The number of nitrogens with zero attached hydrogens (tertiary/aromatic N) is 1. The van der Waals surface area contributed by atoms with E-state index in [1.54, 1.807) is 0 Å². The van der Waals surface area contributed by atoms with Gasteiger partial charge in [0.1, 0.15) is 0 Å². The van der Waals surface area contributed by atoms with Crippen LogP contribution in [0.2, 0.25) is 0 Å². The Labute approximate surface area is 85.7 Å². The van der Waals surface area contributed by atoms with Gasteiger partial charge in [-0.25, -0.2) is 6.57 Å². The molecule has 2 heteroatoms. The summed E-state index contributed by atoms with van der Waals surface area (Å²) in [6.45, 7) is 8.15. The molecule has 2 unspecified atom stereocenters. The third-order valence-electron chi connectivity index (χ3n) is 4.93. The first-order chi connectivity index (χ1) is 6.76. The number of nitrogens with two attached hydrogens (primary N) is 1. The zero-order valence-electron chi connectivity index (χ0n) is 8.58. The van der Waals surface area contributed by atoms with Crippen molar-refractivity contribution in [3.63, 3.8) is 0 Å². The lowest BCUT2D eigenvalue weighted by Crippen LogP contribution is -2.54. The Morgan fingerprint density at radius 1 is 1.21 bits per heavy atom. The highest BCUT2D eigenvalue weighted by molar-refractivity contribution is 5.10. The molecule has 0 spiro atoms. The Hall–Kier alpha value is -0.550. The maximum absolute atomic E-state index is 7.29. The van der Waals surface area contributed by atoms with Gasteiger partial charge in [-0.2, -0.15) is 0 Å². The van der Waals surface area contributed by atoms with E-state index in [4.69, 9.17) is 12.3 Å². The predicted octanol–water partition coefficient (Wildman–Crippen LogP) is 2.06. The number of rotatable bonds is 1. The number of hydrogen-bond donors (Lipinski definition) is 1. The second-order valence-corrected chi connectivity index (χ2v) is 5.79. The van der Waals surface area contributed by atoms with Crippen molar-refractivity contribution in [3.8, 4) is 0 Å². The molecule has 0 saturated heterocycles. The van der Waals surface area contributed by atoms with Crippen molar-refractivity contribution in [1.82, 2.24) is 0 Å². The highest BCUT2D eigenvalue weighted by Crippen LogP contribution is 2.60. The highest BCUT2D eigenvalue weighted by Gasteiger charge is 2.57. The second-order valence-electron chi connectivity index (χ2n) is 5.79. The van der Waals surface area contributed by atoms with Gasteiger partial charge in [-0.05, 0) is 50.0 Å². The number of hydrogen-bond acceptors (Lipinski definition) is 1. The predicted molar refractivity (Wildman–Crippen MR) is 55.4 cm³/mol. The summed E-state index contributed by atoms with van der Waals surface area (Å²) < 4.78 is 0. The third kappa shape index (κ3) is 0.995. The van der Waals surface area contributed by atoms with Crippen LogP contribution in [0.4, 0.5) is 0 Å². The Bertz CT molecular complexity index is 275. The average Bonchev–Trinajstić information content (AvgIpc) is 2.17. The van der Waals surface area contributed by atoms with E-state index in [1.165, 1.54) is 32.1 Å². The molecule has 0 heterocycles. The Kier molecular flexibility index (Phi) is 1.70. The summed E-state index contributed by atoms with van der Waals surface area (Å²) >= 11 is 0. The Morgan fingerprint density at radius 2 is 1.86 bits per heavy atom. The van der Waals surface area contributed by atoms with Gasteiger partial charge in [0.2, 0.25) is 6.04 Å². The zero-order chi connectivity index (χ0) is 9.76. The van der Waals surface area contributed by atoms with Gasteiger partial charge in [0, 0.05) is 11.8 Å². The first kappa shape index (κ1) is 8.73. The molecule has 0 amide bonds. The molecule has 4 aliphatic rings. The normalized spacial score (nSPS) is 54.6. The standard InChI is InChI=1S/C12H18N2/c1-14-11-9-2-8-3-10(11)6-12(4-8,5-9)7-13/h8-11H,2-7,13H2. The first-order valence-corrected chi connectivity index (χ1v) is 5.83. The molecule has 0 aliphatic heterocycles. The van der Waals surface area contributed by atoms with Crippen molar-refractivity contribution >= 4 is 0 Å². The molecule has 4 bridgehead atoms. The molecule has 2 N–H and O–H groups in total. The molecule has 4 rings (SSSR count). The van der Waals surface area contributed by atoms with Gasteiger partial charge in [0.15, 0.2) is 0 Å². The van der Waals surface area contributed by atoms with E-state index in [1.807, 2.05) is 0 Å². The molecule has 0 aromatic heterocycles. The minimum Gasteiger partial charge on any atom is -0.330 e. The Balaban J connectivity index is 1.92. The quantitative estimate of drug-likeness (QED) is 0.630. The second kappa shape index (κ2) is 2.73. The van der Waals surface area contributed by atoms with Crippen molar-refractivity contribution in [2.24, 2.45) is 28.9 Å². The van der Waals surface area contributed by atoms with Crippen LogP contribution in [0.15, 0.2) is 0 Å². The fourth-order valence-electron chi connectivity index (χ4n) is 4.63. The van der Waals surface area contributed by atoms with Crippen LogP contribution < -0.4 is 5.73 Å². The molecule has 4 saturated carbocycles. The van der Waals surface area contributed by atoms with Gasteiger partial charge in [-0.3, -0.25) is 0 Å².